The van der Waals surface area contributed by atoms with Gasteiger partial charge in [0, 0.05) is 101 Å². The monoisotopic (exact) mass is 1240 g/mol. The molecule has 10 heterocycles. The van der Waals surface area contributed by atoms with Crippen molar-refractivity contribution in [1.82, 2.24) is 38.9 Å². The number of allylic oxidation sites excluding steroid dienone is 1. The fourth-order valence-corrected chi connectivity index (χ4v) is 13.6. The summed E-state index contributed by atoms with van der Waals surface area (Å²) in [7, 11) is 0. The second kappa shape index (κ2) is 29.2. The van der Waals surface area contributed by atoms with E-state index < -0.39 is 40.2 Å². The fraction of sp³-hybridized carbons (Fsp3) is 0.580. The molecule has 90 heavy (non-hydrogen) atoms. The van der Waals surface area contributed by atoms with Gasteiger partial charge in [-0.15, -0.1) is 0 Å². The molecule has 0 spiro atoms. The average molecular weight is 1250 g/mol. The Morgan fingerprint density at radius 2 is 1.34 bits per heavy atom. The van der Waals surface area contributed by atoms with Crippen molar-refractivity contribution in [2.45, 2.75) is 192 Å². The molecule has 1 aliphatic carbocycles. The van der Waals surface area contributed by atoms with Gasteiger partial charge in [0.15, 0.2) is 0 Å². The third-order valence-electron chi connectivity index (χ3n) is 19.2. The van der Waals surface area contributed by atoms with Crippen LogP contribution < -0.4 is 26.7 Å². The Balaban J connectivity index is 0.000000196. The number of hydrogen-bond acceptors (Lipinski definition) is 14. The molecule has 484 valence electrons. The molecule has 1 atom stereocenters. The first-order valence-electron chi connectivity index (χ1n) is 33.0. The lowest BCUT2D eigenvalue weighted by Crippen LogP contribution is -2.52. The summed E-state index contributed by atoms with van der Waals surface area (Å²) in [4.78, 5) is 53.0. The Morgan fingerprint density at radius 3 is 2.06 bits per heavy atom. The zero-order valence-electron chi connectivity index (χ0n) is 52.8. The Kier molecular flexibility index (Phi) is 21.4. The number of anilines is 3. The van der Waals surface area contributed by atoms with Crippen LogP contribution in [0.25, 0.3) is 22.1 Å². The number of nitriles is 1. The minimum Gasteiger partial charge on any atom is -0.383 e. The fourth-order valence-electron chi connectivity index (χ4n) is 13.6. The van der Waals surface area contributed by atoms with E-state index in [9.17, 15) is 20.0 Å². The first kappa shape index (κ1) is 66.1. The summed E-state index contributed by atoms with van der Waals surface area (Å²) >= 11 is 0. The molecule has 3 saturated heterocycles. The lowest BCUT2D eigenvalue weighted by Gasteiger charge is -2.41. The number of benzene rings is 2. The number of nitrogens with zero attached hydrogens (tertiary/aromatic N) is 10. The maximum atomic E-state index is 15.9. The average Bonchev–Trinajstić information content (AvgIpc) is 1.49. The van der Waals surface area contributed by atoms with E-state index in [0.717, 1.165) is 123 Å². The molecule has 0 radical (unpaired) electrons. The van der Waals surface area contributed by atoms with Crippen molar-refractivity contribution in [2.75, 3.05) is 74.6 Å². The van der Waals surface area contributed by atoms with E-state index in [0.29, 0.717) is 114 Å². The number of halogens is 5. The molecule has 2 aromatic carbocycles. The number of piperazine rings is 1. The van der Waals surface area contributed by atoms with E-state index >= 15 is 22.0 Å². The van der Waals surface area contributed by atoms with Crippen LogP contribution in [0.5, 0.6) is 0 Å². The highest BCUT2D eigenvalue weighted by Gasteiger charge is 2.50. The van der Waals surface area contributed by atoms with E-state index in [-0.39, 0.29) is 41.8 Å². The maximum absolute atomic E-state index is 15.9. The third kappa shape index (κ3) is 14.6. The highest BCUT2D eigenvalue weighted by Crippen LogP contribution is 2.48. The van der Waals surface area contributed by atoms with E-state index in [1.165, 1.54) is 37.5 Å². The van der Waals surface area contributed by atoms with Gasteiger partial charge in [-0.1, -0.05) is 94.5 Å². The Morgan fingerprint density at radius 1 is 0.689 bits per heavy atom. The molecule has 0 amide bonds. The molecule has 16 nitrogen and oxygen atoms in total. The number of pyridine rings is 2. The molecule has 4 fully saturated rings. The minimum atomic E-state index is -3.47. The summed E-state index contributed by atoms with van der Waals surface area (Å²) in [5.41, 5.74) is -1.20. The zero-order chi connectivity index (χ0) is 63.6. The van der Waals surface area contributed by atoms with Crippen LogP contribution in [-0.4, -0.2) is 115 Å². The van der Waals surface area contributed by atoms with Crippen molar-refractivity contribution >= 4 is 39.4 Å². The second-order valence-corrected chi connectivity index (χ2v) is 25.3. The maximum Gasteiger partial charge on any atom is 0.301 e. The number of aromatic nitrogens is 6. The van der Waals surface area contributed by atoms with Gasteiger partial charge < -0.3 is 30.3 Å². The first-order chi connectivity index (χ1) is 43.5. The van der Waals surface area contributed by atoms with Crippen LogP contribution in [-0.2, 0) is 48.2 Å². The number of aliphatic hydroxyl groups is 1. The molecule has 14 bridgehead atoms. The molecule has 6 aromatic rings. The third-order valence-corrected chi connectivity index (χ3v) is 19.2. The molecular weight excluding hydrogens is 1160 g/mol. The predicted octanol–water partition coefficient (Wildman–Crippen LogP) is 12.7. The van der Waals surface area contributed by atoms with Crippen LogP contribution in [0, 0.1) is 30.0 Å². The number of aryl methyl sites for hydroxylation is 3. The minimum absolute atomic E-state index is 0.0292. The Hall–Kier alpha value is -6.86. The number of rotatable bonds is 3. The van der Waals surface area contributed by atoms with Gasteiger partial charge in [-0.2, -0.15) is 14.0 Å². The number of fused-ring (bicyclic) bond motifs is 11. The SMILES string of the molecule is CC.Cc1nc2c3cc(C4(C#N)CC4)c(=O)n(c3n1)CCCCCC/C=C\CC(C)(O)C(F)(F)c1cccc(c1)CN2.O=c1c(N2CCN(C3CCOCC3)CC2)cc2c3ncnc2n1CCCCCCCN1CCC(CC1)C(F)(F)c1cccc(c1F)CN3. The van der Waals surface area contributed by atoms with Crippen LogP contribution in [0.1, 0.15) is 164 Å². The molecule has 6 aliphatic heterocycles. The van der Waals surface area contributed by atoms with Crippen molar-refractivity contribution in [2.24, 2.45) is 5.92 Å². The number of nitrogens with one attached hydrogen (secondary N) is 2. The number of alkyl halides is 4. The highest BCUT2D eigenvalue weighted by atomic mass is 19.3. The Labute approximate surface area is 525 Å². The largest absolute Gasteiger partial charge is 0.383 e. The van der Waals surface area contributed by atoms with Gasteiger partial charge in [0.1, 0.15) is 52.2 Å². The van der Waals surface area contributed by atoms with Gasteiger partial charge in [0.2, 0.25) is 0 Å². The topological polar surface area (TPSA) is 183 Å². The van der Waals surface area contributed by atoms with Gasteiger partial charge in [-0.3, -0.25) is 23.6 Å². The van der Waals surface area contributed by atoms with Crippen LogP contribution in [0.4, 0.5) is 39.3 Å². The van der Waals surface area contributed by atoms with E-state index in [2.05, 4.69) is 51.3 Å². The molecule has 21 heteroatoms. The van der Waals surface area contributed by atoms with Crippen molar-refractivity contribution in [1.29, 1.82) is 5.26 Å². The molecule has 1 unspecified atom stereocenters. The second-order valence-electron chi connectivity index (χ2n) is 25.3. The van der Waals surface area contributed by atoms with Crippen LogP contribution >= 0.6 is 0 Å². The predicted molar refractivity (Wildman–Crippen MR) is 343 cm³/mol. The molecule has 13 rings (SSSR count). The molecular formula is C69H89F5N12O4. The first-order valence-corrected chi connectivity index (χ1v) is 33.0. The summed E-state index contributed by atoms with van der Waals surface area (Å²) in [6.07, 6.45) is 17.9. The summed E-state index contributed by atoms with van der Waals surface area (Å²) in [5.74, 6) is -7.08. The summed E-state index contributed by atoms with van der Waals surface area (Å²) in [6, 6.07) is 16.8. The van der Waals surface area contributed by atoms with Gasteiger partial charge in [-0.05, 0) is 128 Å². The number of ether oxygens (including phenoxy) is 1. The van der Waals surface area contributed by atoms with Crippen LogP contribution in [0.3, 0.4) is 0 Å². The van der Waals surface area contributed by atoms with E-state index in [1.54, 1.807) is 46.4 Å². The molecule has 7 aliphatic rings. The van der Waals surface area contributed by atoms with E-state index in [4.69, 9.17) is 4.74 Å². The molecule has 3 N–H and O–H groups in total. The van der Waals surface area contributed by atoms with Gasteiger partial charge in [0.05, 0.1) is 27.8 Å². The van der Waals surface area contributed by atoms with Gasteiger partial charge in [0.25, 0.3) is 17.0 Å². The molecule has 1 saturated carbocycles. The smallest absolute Gasteiger partial charge is 0.301 e. The van der Waals surface area contributed by atoms with Gasteiger partial charge >= 0.3 is 5.92 Å². The van der Waals surface area contributed by atoms with Crippen LogP contribution in [0.2, 0.25) is 0 Å². The van der Waals surface area contributed by atoms with Crippen molar-refractivity contribution < 1.29 is 31.8 Å². The summed E-state index contributed by atoms with van der Waals surface area (Å²) in [5, 5.41) is 28.4. The number of piperidine rings is 1. The highest BCUT2D eigenvalue weighted by molar-refractivity contribution is 5.89. The standard InChI is InChI=1S/C36H48F3N7O2.C31H35F2N5O2.C2H6/c37-32-26-7-6-8-30(32)36(38,39)27-9-15-43(16-10-27)13-4-2-1-3-5-14-46-34-29(33(40-24-26)41-25-42-34)23-31(35(46)47)45-19-17-44(18-20-45)28-11-21-48-22-12-28;1-21-36-26-24-18-25(30(20-34)14-15-30)28(39)38(27(24)37-21)16-9-7-5-3-4-6-8-13-29(2,40)31(32,33)23-12-10-11-22(17-23)19-35-26;1-2/h6-8,23,25,27-28H,1-5,9-22,24H2,(H,40,41,42);6,8,10-12,17-18,40H,3-5,7,9,13-16,19H2,1-2H3,(H,35,36,37);1-2H3/b;8-6-;. The van der Waals surface area contributed by atoms with Crippen molar-refractivity contribution in [3.63, 3.8) is 0 Å². The zero-order valence-corrected chi connectivity index (χ0v) is 52.8. The van der Waals surface area contributed by atoms with Crippen molar-refractivity contribution in [3.8, 4) is 6.07 Å². The Bertz CT molecular complexity index is 3640. The van der Waals surface area contributed by atoms with Gasteiger partial charge in [-0.25, -0.2) is 33.1 Å². The quantitative estimate of drug-likeness (QED) is 0.112. The molecule has 4 aromatic heterocycles. The van der Waals surface area contributed by atoms with E-state index in [1.807, 2.05) is 26.0 Å². The summed E-state index contributed by atoms with van der Waals surface area (Å²) in [6.45, 7) is 15.0. The normalized spacial score (nSPS) is 23.9. The summed E-state index contributed by atoms with van der Waals surface area (Å²) < 4.78 is 87.5. The lowest BCUT2D eigenvalue weighted by molar-refractivity contribution is -0.176. The van der Waals surface area contributed by atoms with Crippen molar-refractivity contribution in [3.05, 3.63) is 133 Å². The lowest BCUT2D eigenvalue weighted by atomic mass is 9.85. The van der Waals surface area contributed by atoms with Crippen LogP contribution in [0.15, 0.2) is 82.7 Å². The number of hydrogen-bond donors (Lipinski definition) is 3.